The van der Waals surface area contributed by atoms with Gasteiger partial charge >= 0.3 is 0 Å². The van der Waals surface area contributed by atoms with Crippen LogP contribution in [0.4, 0.5) is 5.69 Å². The van der Waals surface area contributed by atoms with Gasteiger partial charge in [0, 0.05) is 30.1 Å². The van der Waals surface area contributed by atoms with Gasteiger partial charge in [0.25, 0.3) is 0 Å². The zero-order chi connectivity index (χ0) is 12.4. The van der Waals surface area contributed by atoms with E-state index in [-0.39, 0.29) is 0 Å². The van der Waals surface area contributed by atoms with Gasteiger partial charge < -0.3 is 10.2 Å². The van der Waals surface area contributed by atoms with Crippen LogP contribution in [-0.4, -0.2) is 25.7 Å². The van der Waals surface area contributed by atoms with Gasteiger partial charge in [-0.1, -0.05) is 19.9 Å². The third-order valence-corrected chi connectivity index (χ3v) is 4.10. The molecule has 1 unspecified atom stereocenters. The second kappa shape index (κ2) is 5.40. The number of piperazine rings is 1. The molecule has 2 nitrogen and oxygen atoms in total. The number of hydrogen-bond donors (Lipinski definition) is 1. The zero-order valence-corrected chi connectivity index (χ0v) is 12.4. The first kappa shape index (κ1) is 12.9. The number of aryl methyl sites for hydroxylation is 1. The zero-order valence-electron chi connectivity index (χ0n) is 10.8. The Morgan fingerprint density at radius 1 is 1.41 bits per heavy atom. The van der Waals surface area contributed by atoms with Crippen molar-refractivity contribution in [3.8, 4) is 0 Å². The first-order valence-corrected chi connectivity index (χ1v) is 7.12. The van der Waals surface area contributed by atoms with E-state index in [1.165, 1.54) is 15.7 Å². The minimum Gasteiger partial charge on any atom is -0.365 e. The van der Waals surface area contributed by atoms with Gasteiger partial charge in [0.05, 0.1) is 5.69 Å². The Balaban J connectivity index is 2.29. The fraction of sp³-hybridized carbons (Fsp3) is 0.571. The fourth-order valence-electron chi connectivity index (χ4n) is 2.47. The molecule has 1 fully saturated rings. The average molecular weight is 297 g/mol. The lowest BCUT2D eigenvalue weighted by atomic mass is 9.99. The standard InChI is InChI=1S/C14H21BrN2/c1-10(2)14-9-16-6-7-17(14)13-5-4-11(3)8-12(13)15/h4-5,8,10,14,16H,6-7,9H2,1-3H3. The van der Waals surface area contributed by atoms with Crippen LogP contribution in [0.3, 0.4) is 0 Å². The fourth-order valence-corrected chi connectivity index (χ4v) is 3.19. The molecule has 0 aliphatic carbocycles. The lowest BCUT2D eigenvalue weighted by molar-refractivity contribution is 0.390. The van der Waals surface area contributed by atoms with Crippen LogP contribution in [0, 0.1) is 12.8 Å². The number of rotatable bonds is 2. The van der Waals surface area contributed by atoms with Crippen LogP contribution in [0.25, 0.3) is 0 Å². The summed E-state index contributed by atoms with van der Waals surface area (Å²) in [4.78, 5) is 2.53. The third kappa shape index (κ3) is 2.83. The van der Waals surface area contributed by atoms with Crippen molar-refractivity contribution in [1.29, 1.82) is 0 Å². The van der Waals surface area contributed by atoms with Crippen molar-refractivity contribution in [1.82, 2.24) is 5.32 Å². The number of nitrogens with one attached hydrogen (secondary N) is 1. The first-order valence-electron chi connectivity index (χ1n) is 6.33. The van der Waals surface area contributed by atoms with Crippen molar-refractivity contribution >= 4 is 21.6 Å². The summed E-state index contributed by atoms with van der Waals surface area (Å²) < 4.78 is 1.21. The molecule has 0 saturated carbocycles. The highest BCUT2D eigenvalue weighted by Crippen LogP contribution is 2.30. The first-order chi connectivity index (χ1) is 8.09. The van der Waals surface area contributed by atoms with E-state index in [0.717, 1.165) is 19.6 Å². The SMILES string of the molecule is Cc1ccc(N2CCNCC2C(C)C)c(Br)c1. The minimum absolute atomic E-state index is 0.586. The van der Waals surface area contributed by atoms with E-state index in [2.05, 4.69) is 65.1 Å². The molecule has 1 atom stereocenters. The van der Waals surface area contributed by atoms with Crippen LogP contribution < -0.4 is 10.2 Å². The molecule has 1 aromatic carbocycles. The number of benzene rings is 1. The van der Waals surface area contributed by atoms with Crippen LogP contribution in [0.5, 0.6) is 0 Å². The highest BCUT2D eigenvalue weighted by molar-refractivity contribution is 9.10. The van der Waals surface area contributed by atoms with Gasteiger partial charge in [-0.3, -0.25) is 0 Å². The molecule has 17 heavy (non-hydrogen) atoms. The second-order valence-corrected chi connectivity index (χ2v) is 6.02. The third-order valence-electron chi connectivity index (χ3n) is 3.47. The summed E-state index contributed by atoms with van der Waals surface area (Å²) in [5, 5.41) is 3.49. The van der Waals surface area contributed by atoms with Crippen molar-refractivity contribution in [3.63, 3.8) is 0 Å². The van der Waals surface area contributed by atoms with Gasteiger partial charge in [0.1, 0.15) is 0 Å². The van der Waals surface area contributed by atoms with Crippen molar-refractivity contribution < 1.29 is 0 Å². The lowest BCUT2D eigenvalue weighted by Gasteiger charge is -2.40. The molecule has 3 heteroatoms. The van der Waals surface area contributed by atoms with E-state index in [1.807, 2.05) is 0 Å². The largest absolute Gasteiger partial charge is 0.365 e. The van der Waals surface area contributed by atoms with Gasteiger partial charge in [-0.05, 0) is 46.5 Å². The normalized spacial score (nSPS) is 21.0. The minimum atomic E-state index is 0.586. The summed E-state index contributed by atoms with van der Waals surface area (Å²) in [5.41, 5.74) is 2.63. The summed E-state index contributed by atoms with van der Waals surface area (Å²) in [5.74, 6) is 0.663. The van der Waals surface area contributed by atoms with Crippen LogP contribution in [0.1, 0.15) is 19.4 Å². The summed E-state index contributed by atoms with van der Waals surface area (Å²) in [6, 6.07) is 7.22. The smallest absolute Gasteiger partial charge is 0.0514 e. The molecule has 1 aliphatic heterocycles. The van der Waals surface area contributed by atoms with E-state index < -0.39 is 0 Å². The van der Waals surface area contributed by atoms with Crippen LogP contribution in [0.15, 0.2) is 22.7 Å². The van der Waals surface area contributed by atoms with E-state index in [4.69, 9.17) is 0 Å². The number of halogens is 1. The molecular formula is C14H21BrN2. The van der Waals surface area contributed by atoms with Crippen LogP contribution in [0.2, 0.25) is 0 Å². The summed E-state index contributed by atoms with van der Waals surface area (Å²) >= 11 is 3.70. The number of anilines is 1. The lowest BCUT2D eigenvalue weighted by Crippen LogP contribution is -2.53. The maximum Gasteiger partial charge on any atom is 0.0514 e. The molecule has 0 amide bonds. The Labute approximate surface area is 113 Å². The number of nitrogens with zero attached hydrogens (tertiary/aromatic N) is 1. The highest BCUT2D eigenvalue weighted by Gasteiger charge is 2.26. The van der Waals surface area contributed by atoms with E-state index >= 15 is 0 Å². The molecule has 0 radical (unpaired) electrons. The molecule has 94 valence electrons. The maximum absolute atomic E-state index is 3.70. The molecule has 0 aromatic heterocycles. The molecule has 2 rings (SSSR count). The van der Waals surface area contributed by atoms with E-state index in [0.29, 0.717) is 12.0 Å². The van der Waals surface area contributed by atoms with Crippen molar-refractivity contribution in [2.75, 3.05) is 24.5 Å². The predicted octanol–water partition coefficient (Wildman–Crippen LogP) is 3.19. The Hall–Kier alpha value is -0.540. The van der Waals surface area contributed by atoms with Crippen LogP contribution in [-0.2, 0) is 0 Å². The highest BCUT2D eigenvalue weighted by atomic mass is 79.9. The molecule has 1 aromatic rings. The van der Waals surface area contributed by atoms with Gasteiger partial charge in [-0.25, -0.2) is 0 Å². The van der Waals surface area contributed by atoms with Gasteiger partial charge in [0.15, 0.2) is 0 Å². The number of hydrogen-bond acceptors (Lipinski definition) is 2. The van der Waals surface area contributed by atoms with Crippen molar-refractivity contribution in [3.05, 3.63) is 28.2 Å². The maximum atomic E-state index is 3.70. The van der Waals surface area contributed by atoms with Crippen molar-refractivity contribution in [2.45, 2.75) is 26.8 Å². The average Bonchev–Trinajstić information content (AvgIpc) is 2.29. The molecule has 1 saturated heterocycles. The molecular weight excluding hydrogens is 276 g/mol. The Morgan fingerprint density at radius 3 is 2.82 bits per heavy atom. The molecule has 1 N–H and O–H groups in total. The quantitative estimate of drug-likeness (QED) is 0.902. The predicted molar refractivity (Wildman–Crippen MR) is 77.7 cm³/mol. The molecule has 0 bridgehead atoms. The van der Waals surface area contributed by atoms with E-state index in [9.17, 15) is 0 Å². The van der Waals surface area contributed by atoms with Gasteiger partial charge in [-0.2, -0.15) is 0 Å². The van der Waals surface area contributed by atoms with Crippen molar-refractivity contribution in [2.24, 2.45) is 5.92 Å². The molecule has 1 aliphatic rings. The topological polar surface area (TPSA) is 15.3 Å². The Morgan fingerprint density at radius 2 is 2.18 bits per heavy atom. The van der Waals surface area contributed by atoms with E-state index in [1.54, 1.807) is 0 Å². The monoisotopic (exact) mass is 296 g/mol. The summed E-state index contributed by atoms with van der Waals surface area (Å²) in [6.07, 6.45) is 0. The Bertz CT molecular complexity index is 390. The Kier molecular flexibility index (Phi) is 4.10. The summed E-state index contributed by atoms with van der Waals surface area (Å²) in [7, 11) is 0. The van der Waals surface area contributed by atoms with Gasteiger partial charge in [-0.15, -0.1) is 0 Å². The molecule has 0 spiro atoms. The second-order valence-electron chi connectivity index (χ2n) is 5.16. The van der Waals surface area contributed by atoms with Gasteiger partial charge in [0.2, 0.25) is 0 Å². The summed E-state index contributed by atoms with van der Waals surface area (Å²) in [6.45, 7) is 9.97. The molecule has 1 heterocycles. The van der Waals surface area contributed by atoms with Crippen LogP contribution >= 0.6 is 15.9 Å².